The molecule has 0 aromatic rings. The molecule has 0 bridgehead atoms. The second-order valence-electron chi connectivity index (χ2n) is 2.37. The van der Waals surface area contributed by atoms with Crippen molar-refractivity contribution >= 4 is 16.8 Å². The molecule has 0 radical (unpaired) electrons. The van der Waals surface area contributed by atoms with E-state index in [9.17, 15) is 0 Å². The van der Waals surface area contributed by atoms with Gasteiger partial charge >= 0.3 is 0 Å². The van der Waals surface area contributed by atoms with Crippen LogP contribution >= 0.6 is 11.6 Å². The summed E-state index contributed by atoms with van der Waals surface area (Å²) in [6.45, 7) is 12.2. The average Bonchev–Trinajstić information content (AvgIpc) is 2.37. The highest BCUT2D eigenvalue weighted by Gasteiger charge is 1.82. The van der Waals surface area contributed by atoms with Crippen molar-refractivity contribution in [3.63, 3.8) is 0 Å². The van der Waals surface area contributed by atoms with Crippen molar-refractivity contribution in [2.24, 2.45) is 4.99 Å². The predicted octanol–water partition coefficient (Wildman–Crippen LogP) is 5.30. The summed E-state index contributed by atoms with van der Waals surface area (Å²) < 4.78 is 0. The van der Waals surface area contributed by atoms with E-state index in [1.165, 1.54) is 12.8 Å². The van der Waals surface area contributed by atoms with Crippen LogP contribution in [-0.4, -0.2) is 12.2 Å². The molecule has 2 heteroatoms. The van der Waals surface area contributed by atoms with Gasteiger partial charge in [-0.05, 0) is 26.7 Å². The van der Waals surface area contributed by atoms with Crippen LogP contribution in [0, 0.1) is 12.8 Å². The molecule has 0 saturated carbocycles. The molecule has 0 unspecified atom stereocenters. The summed E-state index contributed by atoms with van der Waals surface area (Å²) in [5.74, 6) is 0. The summed E-state index contributed by atoms with van der Waals surface area (Å²) in [5, 5.41) is 0.602. The molecule has 0 aromatic carbocycles. The van der Waals surface area contributed by atoms with Gasteiger partial charge in [0.25, 0.3) is 0 Å². The maximum absolute atomic E-state index is 5.21. The number of hydrogen-bond acceptors (Lipinski definition) is 1. The Morgan fingerprint density at radius 1 is 1.19 bits per heavy atom. The number of allylic oxidation sites excluding steroid dienone is 2. The molecule has 0 aromatic heterocycles. The molecule has 0 N–H and O–H groups in total. The third kappa shape index (κ3) is 37.8. The van der Waals surface area contributed by atoms with Crippen molar-refractivity contribution in [3.05, 3.63) is 11.6 Å². The van der Waals surface area contributed by atoms with E-state index in [2.05, 4.69) is 44.7 Å². The topological polar surface area (TPSA) is 12.4 Å². The Kier molecular flexibility index (Phi) is 44.7. The number of hydrogen-bond donors (Lipinski definition) is 0. The van der Waals surface area contributed by atoms with Crippen molar-refractivity contribution in [1.82, 2.24) is 0 Å². The molecule has 0 atom stereocenters. The summed E-state index contributed by atoms with van der Waals surface area (Å²) in [6, 6.07) is 0. The Hall–Kier alpha value is -0.740. The zero-order valence-electron chi connectivity index (χ0n) is 12.0. The van der Waals surface area contributed by atoms with Crippen LogP contribution in [0.4, 0.5) is 0 Å². The Morgan fingerprint density at radius 2 is 1.44 bits per heavy atom. The Bertz CT molecular complexity index is 168. The van der Waals surface area contributed by atoms with E-state index in [1.54, 1.807) is 19.5 Å². The van der Waals surface area contributed by atoms with E-state index >= 15 is 0 Å². The van der Waals surface area contributed by atoms with Crippen LogP contribution in [0.5, 0.6) is 0 Å². The fourth-order valence-corrected chi connectivity index (χ4v) is 0.658. The number of nitrogens with zero attached hydrogens (tertiary/aromatic N) is 1. The van der Waals surface area contributed by atoms with Crippen LogP contribution in [0.15, 0.2) is 16.6 Å². The molecule has 96 valence electrons. The van der Waals surface area contributed by atoms with Crippen LogP contribution < -0.4 is 0 Å². The van der Waals surface area contributed by atoms with E-state index in [4.69, 9.17) is 11.6 Å². The van der Waals surface area contributed by atoms with Crippen molar-refractivity contribution in [1.29, 1.82) is 0 Å². The summed E-state index contributed by atoms with van der Waals surface area (Å²) in [7, 11) is 1.66. The highest BCUT2D eigenvalue weighted by Crippen LogP contribution is 2.02. The summed E-state index contributed by atoms with van der Waals surface area (Å²) in [5.41, 5.74) is 1.56. The van der Waals surface area contributed by atoms with Gasteiger partial charge in [0.1, 0.15) is 0 Å². The smallest absolute Gasteiger partial charge is 0.0968 e. The molecule has 0 amide bonds. The molecular weight excluding hydrogens is 218 g/mol. The molecule has 0 aliphatic heterocycles. The lowest BCUT2D eigenvalue weighted by Gasteiger charge is -1.93. The van der Waals surface area contributed by atoms with Crippen molar-refractivity contribution < 1.29 is 0 Å². The third-order valence-electron chi connectivity index (χ3n) is 1.62. The summed E-state index contributed by atoms with van der Waals surface area (Å²) in [4.78, 5) is 3.57. The minimum Gasteiger partial charge on any atom is -0.281 e. The molecule has 0 aliphatic rings. The molecule has 0 aliphatic carbocycles. The first kappa shape index (κ1) is 24.5. The van der Waals surface area contributed by atoms with Gasteiger partial charge in [0, 0.05) is 7.05 Å². The number of aliphatic imine (C=N–C) groups is 1. The first-order valence-corrected chi connectivity index (χ1v) is 6.06. The maximum atomic E-state index is 5.21. The van der Waals surface area contributed by atoms with Crippen molar-refractivity contribution in [3.8, 4) is 12.8 Å². The highest BCUT2D eigenvalue weighted by atomic mass is 35.5. The quantitative estimate of drug-likeness (QED) is 0.356. The largest absolute Gasteiger partial charge is 0.281 e. The lowest BCUT2D eigenvalue weighted by Crippen LogP contribution is -1.72. The summed E-state index contributed by atoms with van der Waals surface area (Å²) >= 11 is 5.21. The zero-order chi connectivity index (χ0) is 14.0. The van der Waals surface area contributed by atoms with E-state index in [-0.39, 0.29) is 0 Å². The van der Waals surface area contributed by atoms with Gasteiger partial charge in [0.2, 0.25) is 0 Å². The molecule has 16 heavy (non-hydrogen) atoms. The first-order chi connectivity index (χ1) is 7.62. The standard InChI is InChI=1S/C7H14.C3H6ClN.C2H6.C2H2/c1-4-7(5-2)6-3;1-3(4)5-2;2*1-2/h4H,5-6H2,1-3H3;1-2H3;1-2H3;1-2H. The average molecular weight is 246 g/mol. The van der Waals surface area contributed by atoms with Gasteiger partial charge in [-0.25, -0.2) is 0 Å². The second kappa shape index (κ2) is 29.2. The van der Waals surface area contributed by atoms with Crippen LogP contribution in [0.25, 0.3) is 0 Å². The van der Waals surface area contributed by atoms with Crippen LogP contribution in [0.3, 0.4) is 0 Å². The van der Waals surface area contributed by atoms with Gasteiger partial charge in [-0.2, -0.15) is 0 Å². The predicted molar refractivity (Wildman–Crippen MR) is 80.5 cm³/mol. The lowest BCUT2D eigenvalue weighted by atomic mass is 10.1. The zero-order valence-corrected chi connectivity index (χ0v) is 12.7. The van der Waals surface area contributed by atoms with Gasteiger partial charge in [-0.3, -0.25) is 4.99 Å². The molecule has 1 nitrogen and oxygen atoms in total. The van der Waals surface area contributed by atoms with Crippen LogP contribution in [0.2, 0.25) is 0 Å². The second-order valence-corrected chi connectivity index (χ2v) is 2.92. The van der Waals surface area contributed by atoms with Gasteiger partial charge in [-0.15, -0.1) is 12.8 Å². The lowest BCUT2D eigenvalue weighted by molar-refractivity contribution is 0.972. The minimum absolute atomic E-state index is 0.602. The molecule has 0 heterocycles. The SMILES string of the molecule is C#C.CC.CC=C(CC)CC.CN=C(C)Cl. The molecule has 0 saturated heterocycles. The van der Waals surface area contributed by atoms with Gasteiger partial charge < -0.3 is 0 Å². The normalized spacial score (nSPS) is 8.00. The van der Waals surface area contributed by atoms with Crippen molar-refractivity contribution in [2.75, 3.05) is 7.05 Å². The Labute approximate surface area is 108 Å². The van der Waals surface area contributed by atoms with E-state index < -0.39 is 0 Å². The Balaban J connectivity index is -0.0000000704. The third-order valence-corrected chi connectivity index (χ3v) is 1.79. The maximum Gasteiger partial charge on any atom is 0.0968 e. The summed E-state index contributed by atoms with van der Waals surface area (Å²) in [6.07, 6.45) is 12.6. The minimum atomic E-state index is 0.602. The number of rotatable bonds is 2. The van der Waals surface area contributed by atoms with Crippen LogP contribution in [0.1, 0.15) is 54.4 Å². The molecule has 0 spiro atoms. The van der Waals surface area contributed by atoms with Crippen molar-refractivity contribution in [2.45, 2.75) is 54.4 Å². The van der Waals surface area contributed by atoms with Gasteiger partial charge in [-0.1, -0.05) is 50.9 Å². The van der Waals surface area contributed by atoms with E-state index in [0.29, 0.717) is 5.17 Å². The highest BCUT2D eigenvalue weighted by molar-refractivity contribution is 6.64. The molecular formula is C14H28ClN. The fourth-order valence-electron chi connectivity index (χ4n) is 0.658. The van der Waals surface area contributed by atoms with Crippen LogP contribution in [-0.2, 0) is 0 Å². The molecule has 0 fully saturated rings. The fraction of sp³-hybridized carbons (Fsp3) is 0.643. The first-order valence-electron chi connectivity index (χ1n) is 5.68. The van der Waals surface area contributed by atoms with E-state index in [0.717, 1.165) is 0 Å². The molecule has 0 rings (SSSR count). The Morgan fingerprint density at radius 3 is 1.44 bits per heavy atom. The monoisotopic (exact) mass is 245 g/mol. The van der Waals surface area contributed by atoms with Gasteiger partial charge in [0.15, 0.2) is 0 Å². The number of terminal acetylenes is 1. The number of halogens is 1. The van der Waals surface area contributed by atoms with Gasteiger partial charge in [0.05, 0.1) is 5.17 Å². The van der Waals surface area contributed by atoms with E-state index in [1.807, 2.05) is 13.8 Å².